The number of carbonyl (C=O) groups is 1. The first-order chi connectivity index (χ1) is 18.4. The van der Waals surface area contributed by atoms with E-state index in [0.717, 1.165) is 50.3 Å². The number of amides is 1. The van der Waals surface area contributed by atoms with E-state index in [0.29, 0.717) is 22.2 Å². The number of carbonyl (C=O) groups excluding carboxylic acids is 1. The fourth-order valence-electron chi connectivity index (χ4n) is 5.17. The zero-order chi connectivity index (χ0) is 27.1. The van der Waals surface area contributed by atoms with Crippen LogP contribution in [0.15, 0.2) is 71.5 Å². The van der Waals surface area contributed by atoms with Crippen molar-refractivity contribution in [3.63, 3.8) is 0 Å². The topological polar surface area (TPSA) is 80.4 Å². The van der Waals surface area contributed by atoms with Gasteiger partial charge in [-0.3, -0.25) is 9.69 Å². The minimum Gasteiger partial charge on any atom is -0.472 e. The van der Waals surface area contributed by atoms with E-state index in [1.165, 1.54) is 0 Å². The van der Waals surface area contributed by atoms with Gasteiger partial charge in [0, 0.05) is 56.8 Å². The van der Waals surface area contributed by atoms with Crippen LogP contribution in [-0.4, -0.2) is 89.8 Å². The van der Waals surface area contributed by atoms with Gasteiger partial charge in [0.05, 0.1) is 41.3 Å². The van der Waals surface area contributed by atoms with Crippen LogP contribution in [0.5, 0.6) is 0 Å². The zero-order valence-electron chi connectivity index (χ0n) is 21.5. The molecule has 1 amide bonds. The minimum atomic E-state index is -0.879. The molecule has 0 bridgehead atoms. The SMILES string of the molecule is CN(C[C@@H](CCN1CCN(C(c2ccoc2)[C@H](O)CO)CC1)c1ccc(Cl)c(Cl)c1)C(=O)c1ccccc1. The van der Waals surface area contributed by atoms with Crippen molar-refractivity contribution in [3.8, 4) is 0 Å². The summed E-state index contributed by atoms with van der Waals surface area (Å²) in [5, 5.41) is 21.1. The Morgan fingerprint density at radius 1 is 1.03 bits per heavy atom. The molecule has 4 rings (SSSR count). The van der Waals surface area contributed by atoms with E-state index in [9.17, 15) is 15.0 Å². The first-order valence-electron chi connectivity index (χ1n) is 12.9. The Balaban J connectivity index is 1.40. The van der Waals surface area contributed by atoms with Gasteiger partial charge in [-0.15, -0.1) is 0 Å². The Morgan fingerprint density at radius 2 is 1.76 bits per heavy atom. The van der Waals surface area contributed by atoms with Crippen molar-refractivity contribution >= 4 is 29.1 Å². The lowest BCUT2D eigenvalue weighted by Gasteiger charge is -2.40. The highest BCUT2D eigenvalue weighted by atomic mass is 35.5. The Kier molecular flexibility index (Phi) is 10.2. The fourth-order valence-corrected chi connectivity index (χ4v) is 5.47. The van der Waals surface area contributed by atoms with Crippen LogP contribution in [0.1, 0.15) is 39.9 Å². The van der Waals surface area contributed by atoms with Gasteiger partial charge >= 0.3 is 0 Å². The quantitative estimate of drug-likeness (QED) is 0.359. The number of rotatable bonds is 11. The third-order valence-corrected chi connectivity index (χ3v) is 8.05. The standard InChI is InChI=1S/C29H35Cl2N3O4/c1-32(29(37)21-5-3-2-4-6-21)18-23(22-7-8-25(30)26(31)17-22)9-11-33-12-14-34(15-13-33)28(27(36)19-35)24-10-16-38-20-24/h2-8,10,16-17,20,23,27-28,35-36H,9,11-15,18-19H2,1H3/t23-,27-,28?/m1/s1. The van der Waals surface area contributed by atoms with Crippen LogP contribution in [0.25, 0.3) is 0 Å². The predicted molar refractivity (Wildman–Crippen MR) is 150 cm³/mol. The molecule has 2 heterocycles. The summed E-state index contributed by atoms with van der Waals surface area (Å²) in [6, 6.07) is 16.5. The molecular weight excluding hydrogens is 525 g/mol. The van der Waals surface area contributed by atoms with Gasteiger partial charge < -0.3 is 24.4 Å². The van der Waals surface area contributed by atoms with Crippen LogP contribution in [0.4, 0.5) is 0 Å². The lowest BCUT2D eigenvalue weighted by atomic mass is 9.94. The number of aliphatic hydroxyl groups excluding tert-OH is 2. The maximum Gasteiger partial charge on any atom is 0.253 e. The highest BCUT2D eigenvalue weighted by Gasteiger charge is 2.31. The number of hydrogen-bond donors (Lipinski definition) is 2. The molecule has 1 fully saturated rings. The average Bonchev–Trinajstić information content (AvgIpc) is 3.47. The van der Waals surface area contributed by atoms with Gasteiger partial charge in [-0.25, -0.2) is 0 Å². The number of hydrogen-bond acceptors (Lipinski definition) is 6. The molecule has 1 unspecified atom stereocenters. The summed E-state index contributed by atoms with van der Waals surface area (Å²) in [6.45, 7) is 4.28. The van der Waals surface area contributed by atoms with Crippen molar-refractivity contribution in [2.24, 2.45) is 0 Å². The summed E-state index contributed by atoms with van der Waals surface area (Å²) in [4.78, 5) is 19.4. The third kappa shape index (κ3) is 7.17. The van der Waals surface area contributed by atoms with Crippen molar-refractivity contribution in [1.29, 1.82) is 0 Å². The van der Waals surface area contributed by atoms with Gasteiger partial charge in [-0.1, -0.05) is 47.5 Å². The number of likely N-dealkylation sites (N-methyl/N-ethyl adjacent to an activating group) is 1. The molecule has 1 aliphatic heterocycles. The van der Waals surface area contributed by atoms with Gasteiger partial charge in [-0.05, 0) is 48.9 Å². The predicted octanol–water partition coefficient (Wildman–Crippen LogP) is 4.54. The molecule has 1 aliphatic rings. The lowest BCUT2D eigenvalue weighted by molar-refractivity contribution is -0.0100. The van der Waals surface area contributed by atoms with Gasteiger partial charge in [0.1, 0.15) is 0 Å². The molecule has 3 atom stereocenters. The molecule has 2 aromatic carbocycles. The van der Waals surface area contributed by atoms with Crippen molar-refractivity contribution in [2.45, 2.75) is 24.5 Å². The molecule has 9 heteroatoms. The van der Waals surface area contributed by atoms with E-state index in [2.05, 4.69) is 9.80 Å². The van der Waals surface area contributed by atoms with Gasteiger partial charge in [0.2, 0.25) is 0 Å². The van der Waals surface area contributed by atoms with E-state index in [4.69, 9.17) is 27.6 Å². The Morgan fingerprint density at radius 3 is 2.39 bits per heavy atom. The molecule has 7 nitrogen and oxygen atoms in total. The fraction of sp³-hybridized carbons (Fsp3) is 0.414. The van der Waals surface area contributed by atoms with Crippen molar-refractivity contribution in [3.05, 3.63) is 93.9 Å². The normalized spacial score (nSPS) is 17.2. The summed E-state index contributed by atoms with van der Waals surface area (Å²) < 4.78 is 5.23. The maximum absolute atomic E-state index is 13.0. The van der Waals surface area contributed by atoms with Crippen molar-refractivity contribution < 1.29 is 19.4 Å². The smallest absolute Gasteiger partial charge is 0.253 e. The average molecular weight is 561 g/mol. The van der Waals surface area contributed by atoms with Crippen molar-refractivity contribution in [1.82, 2.24) is 14.7 Å². The van der Waals surface area contributed by atoms with E-state index < -0.39 is 6.10 Å². The summed E-state index contributed by atoms with van der Waals surface area (Å²) >= 11 is 12.5. The highest BCUT2D eigenvalue weighted by Crippen LogP contribution is 2.30. The molecule has 38 heavy (non-hydrogen) atoms. The monoisotopic (exact) mass is 559 g/mol. The minimum absolute atomic E-state index is 0.0167. The Labute approximate surface area is 234 Å². The molecule has 2 N–H and O–H groups in total. The number of aliphatic hydroxyl groups is 2. The largest absolute Gasteiger partial charge is 0.472 e. The molecule has 0 aliphatic carbocycles. The van der Waals surface area contributed by atoms with E-state index >= 15 is 0 Å². The second kappa shape index (κ2) is 13.6. The summed E-state index contributed by atoms with van der Waals surface area (Å²) in [5.74, 6) is 0.0624. The Hall–Kier alpha value is -2.39. The molecule has 1 aromatic heterocycles. The molecule has 0 radical (unpaired) electrons. The lowest BCUT2D eigenvalue weighted by Crippen LogP contribution is -2.50. The first-order valence-corrected chi connectivity index (χ1v) is 13.7. The number of nitrogens with zero attached hydrogens (tertiary/aromatic N) is 3. The van der Waals surface area contributed by atoms with Gasteiger partial charge in [0.15, 0.2) is 0 Å². The number of furan rings is 1. The number of piperazine rings is 1. The second-order valence-corrected chi connectivity index (χ2v) is 10.7. The molecule has 3 aromatic rings. The molecule has 0 saturated carbocycles. The maximum atomic E-state index is 13.0. The van der Waals surface area contributed by atoms with E-state index in [-0.39, 0.29) is 24.5 Å². The van der Waals surface area contributed by atoms with Gasteiger partial charge in [-0.2, -0.15) is 0 Å². The van der Waals surface area contributed by atoms with Gasteiger partial charge in [0.25, 0.3) is 5.91 Å². The molecule has 0 spiro atoms. The molecule has 1 saturated heterocycles. The molecular formula is C29H35Cl2N3O4. The summed E-state index contributed by atoms with van der Waals surface area (Å²) in [5.41, 5.74) is 2.58. The third-order valence-electron chi connectivity index (χ3n) is 7.31. The van der Waals surface area contributed by atoms with Crippen molar-refractivity contribution in [2.75, 3.05) is 52.9 Å². The van der Waals surface area contributed by atoms with Crippen LogP contribution in [0.3, 0.4) is 0 Å². The molecule has 204 valence electrons. The van der Waals surface area contributed by atoms with Crippen LogP contribution in [0, 0.1) is 0 Å². The number of halogens is 2. The first kappa shape index (κ1) is 28.6. The second-order valence-electron chi connectivity index (χ2n) is 9.84. The van der Waals surface area contributed by atoms with Crippen LogP contribution >= 0.6 is 23.2 Å². The van der Waals surface area contributed by atoms with E-state index in [1.54, 1.807) is 17.4 Å². The summed E-state index contributed by atoms with van der Waals surface area (Å²) in [7, 11) is 1.83. The zero-order valence-corrected chi connectivity index (χ0v) is 23.1. The summed E-state index contributed by atoms with van der Waals surface area (Å²) in [6.07, 6.45) is 3.18. The van der Waals surface area contributed by atoms with E-state index in [1.807, 2.05) is 61.6 Å². The number of benzene rings is 2. The van der Waals surface area contributed by atoms with Crippen LogP contribution in [0.2, 0.25) is 10.0 Å². The van der Waals surface area contributed by atoms with Crippen LogP contribution < -0.4 is 0 Å². The Bertz CT molecular complexity index is 1150. The highest BCUT2D eigenvalue weighted by molar-refractivity contribution is 6.42. The van der Waals surface area contributed by atoms with Crippen LogP contribution in [-0.2, 0) is 0 Å².